The van der Waals surface area contributed by atoms with Gasteiger partial charge < -0.3 is 14.2 Å². The Labute approximate surface area is 134 Å². The molecule has 1 atom stereocenters. The molecule has 1 aliphatic carbocycles. The molecular formula is C16H20N4O3. The minimum Gasteiger partial charge on any atom is -0.384 e. The summed E-state index contributed by atoms with van der Waals surface area (Å²) in [4.78, 5) is 14.6. The molecule has 4 rings (SSSR count). The fourth-order valence-electron chi connectivity index (χ4n) is 3.24. The lowest BCUT2D eigenvalue weighted by Crippen LogP contribution is -2.39. The summed E-state index contributed by atoms with van der Waals surface area (Å²) in [5, 5.41) is 8.48. The van der Waals surface area contributed by atoms with Crippen molar-refractivity contribution in [1.82, 2.24) is 19.8 Å². The Bertz CT molecular complexity index is 732. The van der Waals surface area contributed by atoms with Gasteiger partial charge in [-0.2, -0.15) is 5.10 Å². The number of methoxy groups -OCH3 is 1. The number of carbonyl (C=O) groups is 1. The largest absolute Gasteiger partial charge is 0.384 e. The molecule has 122 valence electrons. The molecule has 2 aromatic rings. The molecule has 1 saturated carbocycles. The second-order valence-corrected chi connectivity index (χ2v) is 6.44. The topological polar surface area (TPSA) is 73.4 Å². The number of amides is 1. The van der Waals surface area contributed by atoms with Crippen molar-refractivity contribution in [2.24, 2.45) is 7.05 Å². The van der Waals surface area contributed by atoms with Crippen molar-refractivity contribution < 1.29 is 14.1 Å². The first kappa shape index (κ1) is 14.4. The number of fused-ring (bicyclic) bond motifs is 1. The van der Waals surface area contributed by atoms with Crippen LogP contribution in [-0.2, 0) is 18.3 Å². The van der Waals surface area contributed by atoms with Crippen molar-refractivity contribution in [3.05, 3.63) is 35.0 Å². The van der Waals surface area contributed by atoms with Crippen LogP contribution in [0.3, 0.4) is 0 Å². The van der Waals surface area contributed by atoms with Crippen LogP contribution in [0, 0.1) is 0 Å². The predicted molar refractivity (Wildman–Crippen MR) is 81.0 cm³/mol. The average Bonchev–Trinajstić information content (AvgIpc) is 3.13. The minimum atomic E-state index is -0.0868. The molecule has 0 bridgehead atoms. The van der Waals surface area contributed by atoms with E-state index in [0.29, 0.717) is 31.3 Å². The van der Waals surface area contributed by atoms with E-state index in [9.17, 15) is 4.79 Å². The molecule has 1 fully saturated rings. The van der Waals surface area contributed by atoms with Crippen molar-refractivity contribution in [2.45, 2.75) is 31.2 Å². The Morgan fingerprint density at radius 2 is 2.30 bits per heavy atom. The summed E-state index contributed by atoms with van der Waals surface area (Å²) < 4.78 is 12.4. The summed E-state index contributed by atoms with van der Waals surface area (Å²) >= 11 is 0. The first-order valence-corrected chi connectivity index (χ1v) is 7.93. The third kappa shape index (κ3) is 2.65. The van der Waals surface area contributed by atoms with Crippen molar-refractivity contribution in [3.63, 3.8) is 0 Å². The van der Waals surface area contributed by atoms with Gasteiger partial charge in [-0.15, -0.1) is 0 Å². The van der Waals surface area contributed by atoms with Gasteiger partial charge in [-0.05, 0) is 12.8 Å². The third-order valence-electron chi connectivity index (χ3n) is 4.51. The zero-order valence-corrected chi connectivity index (χ0v) is 13.4. The van der Waals surface area contributed by atoms with Crippen molar-refractivity contribution >= 4 is 5.91 Å². The van der Waals surface area contributed by atoms with Crippen LogP contribution in [0.2, 0.25) is 0 Å². The van der Waals surface area contributed by atoms with Gasteiger partial charge in [0.05, 0.1) is 12.3 Å². The standard InChI is InChI=1S/C16H20N4O3/c1-19-6-11-7-20(8-12(9-22-2)15(11)17-19)16(21)13-5-14(23-18-13)10-3-4-10/h5-6,10,12H,3-4,7-9H2,1-2H3. The van der Waals surface area contributed by atoms with E-state index in [1.807, 2.05) is 18.1 Å². The molecule has 0 spiro atoms. The summed E-state index contributed by atoms with van der Waals surface area (Å²) in [5.41, 5.74) is 2.49. The molecular weight excluding hydrogens is 296 g/mol. The molecule has 0 aromatic carbocycles. The number of aromatic nitrogens is 3. The van der Waals surface area contributed by atoms with E-state index in [0.717, 1.165) is 29.9 Å². The molecule has 3 heterocycles. The Balaban J connectivity index is 1.57. The maximum absolute atomic E-state index is 12.8. The smallest absolute Gasteiger partial charge is 0.276 e. The predicted octanol–water partition coefficient (Wildman–Crippen LogP) is 1.67. The number of nitrogens with zero attached hydrogens (tertiary/aromatic N) is 4. The van der Waals surface area contributed by atoms with Crippen LogP contribution in [0.4, 0.5) is 0 Å². The monoisotopic (exact) mass is 316 g/mol. The van der Waals surface area contributed by atoms with Gasteiger partial charge in [0.25, 0.3) is 5.91 Å². The first-order valence-electron chi connectivity index (χ1n) is 7.93. The number of hydrogen-bond acceptors (Lipinski definition) is 5. The highest BCUT2D eigenvalue weighted by Gasteiger charge is 2.34. The molecule has 2 aliphatic rings. The Hall–Kier alpha value is -2.15. The van der Waals surface area contributed by atoms with Crippen molar-refractivity contribution in [1.29, 1.82) is 0 Å². The van der Waals surface area contributed by atoms with Crippen molar-refractivity contribution in [2.75, 3.05) is 20.3 Å². The highest BCUT2D eigenvalue weighted by molar-refractivity contribution is 5.92. The summed E-state index contributed by atoms with van der Waals surface area (Å²) in [6.07, 6.45) is 4.22. The highest BCUT2D eigenvalue weighted by atomic mass is 16.5. The van der Waals surface area contributed by atoms with Crippen LogP contribution < -0.4 is 0 Å². The number of ether oxygens (including phenoxy) is 1. The lowest BCUT2D eigenvalue weighted by Gasteiger charge is -2.31. The quantitative estimate of drug-likeness (QED) is 0.858. The zero-order valence-electron chi connectivity index (χ0n) is 13.4. The molecule has 0 radical (unpaired) electrons. The van der Waals surface area contributed by atoms with Crippen LogP contribution in [0.1, 0.15) is 52.2 Å². The van der Waals surface area contributed by atoms with Gasteiger partial charge in [0, 0.05) is 56.9 Å². The summed E-state index contributed by atoms with van der Waals surface area (Å²) in [7, 11) is 3.57. The molecule has 1 aliphatic heterocycles. The lowest BCUT2D eigenvalue weighted by molar-refractivity contribution is 0.0668. The second-order valence-electron chi connectivity index (χ2n) is 6.44. The van der Waals surface area contributed by atoms with E-state index in [2.05, 4.69) is 10.3 Å². The van der Waals surface area contributed by atoms with Crippen LogP contribution in [0.5, 0.6) is 0 Å². The maximum Gasteiger partial charge on any atom is 0.276 e. The lowest BCUT2D eigenvalue weighted by atomic mass is 9.97. The average molecular weight is 316 g/mol. The van der Waals surface area contributed by atoms with Gasteiger partial charge in [0.15, 0.2) is 5.69 Å². The fraction of sp³-hybridized carbons (Fsp3) is 0.562. The molecule has 0 saturated heterocycles. The van der Waals surface area contributed by atoms with Crippen LogP contribution in [0.15, 0.2) is 16.8 Å². The number of rotatable bonds is 4. The third-order valence-corrected chi connectivity index (χ3v) is 4.51. The number of aryl methyl sites for hydroxylation is 1. The minimum absolute atomic E-state index is 0.0868. The Morgan fingerprint density at radius 1 is 1.48 bits per heavy atom. The molecule has 7 heteroatoms. The zero-order chi connectivity index (χ0) is 16.0. The summed E-state index contributed by atoms with van der Waals surface area (Å²) in [6, 6.07) is 1.80. The van der Waals surface area contributed by atoms with E-state index in [1.54, 1.807) is 17.9 Å². The second kappa shape index (κ2) is 5.49. The normalized spacial score (nSPS) is 20.6. The van der Waals surface area contributed by atoms with Gasteiger partial charge in [0.1, 0.15) is 5.76 Å². The van der Waals surface area contributed by atoms with E-state index in [-0.39, 0.29) is 11.8 Å². The fourth-order valence-corrected chi connectivity index (χ4v) is 3.24. The molecule has 0 N–H and O–H groups in total. The first-order chi connectivity index (χ1) is 11.2. The highest BCUT2D eigenvalue weighted by Crippen LogP contribution is 2.40. The van der Waals surface area contributed by atoms with Gasteiger partial charge in [-0.25, -0.2) is 0 Å². The number of carbonyl (C=O) groups excluding carboxylic acids is 1. The van der Waals surface area contributed by atoms with Gasteiger partial charge in [0.2, 0.25) is 0 Å². The van der Waals surface area contributed by atoms with Crippen LogP contribution >= 0.6 is 0 Å². The van der Waals surface area contributed by atoms with Crippen molar-refractivity contribution in [3.8, 4) is 0 Å². The summed E-state index contributed by atoms with van der Waals surface area (Å²) in [5.74, 6) is 1.29. The molecule has 23 heavy (non-hydrogen) atoms. The Kier molecular flexibility index (Phi) is 3.45. The number of hydrogen-bond donors (Lipinski definition) is 0. The summed E-state index contributed by atoms with van der Waals surface area (Å²) in [6.45, 7) is 1.68. The van der Waals surface area contributed by atoms with E-state index >= 15 is 0 Å². The Morgan fingerprint density at radius 3 is 3.04 bits per heavy atom. The van der Waals surface area contributed by atoms with E-state index < -0.39 is 0 Å². The van der Waals surface area contributed by atoms with Crippen LogP contribution in [0.25, 0.3) is 0 Å². The van der Waals surface area contributed by atoms with Gasteiger partial charge >= 0.3 is 0 Å². The molecule has 1 amide bonds. The van der Waals surface area contributed by atoms with E-state index in [4.69, 9.17) is 9.26 Å². The molecule has 2 aromatic heterocycles. The molecule has 1 unspecified atom stereocenters. The van der Waals surface area contributed by atoms with E-state index in [1.165, 1.54) is 0 Å². The maximum atomic E-state index is 12.8. The van der Waals surface area contributed by atoms with Gasteiger partial charge in [-0.1, -0.05) is 5.16 Å². The molecule has 7 nitrogen and oxygen atoms in total. The van der Waals surface area contributed by atoms with Crippen LogP contribution in [-0.4, -0.2) is 46.0 Å². The van der Waals surface area contributed by atoms with Gasteiger partial charge in [-0.3, -0.25) is 9.48 Å². The SMILES string of the molecule is COCC1CN(C(=O)c2cc(C3CC3)on2)Cc2cn(C)nc21.